The van der Waals surface area contributed by atoms with Crippen LogP contribution in [0.1, 0.15) is 31.7 Å². The van der Waals surface area contributed by atoms with Crippen molar-refractivity contribution in [3.05, 3.63) is 59.1 Å². The number of rotatable bonds is 5. The van der Waals surface area contributed by atoms with Crippen LogP contribution in [0.25, 0.3) is 0 Å². The molecule has 1 atom stereocenters. The van der Waals surface area contributed by atoms with Gasteiger partial charge in [-0.1, -0.05) is 37.6 Å². The molecule has 1 saturated heterocycles. The minimum Gasteiger partial charge on any atom is -0.369 e. The minimum absolute atomic E-state index is 0.379. The van der Waals surface area contributed by atoms with Gasteiger partial charge in [0, 0.05) is 36.9 Å². The molecule has 0 amide bonds. The maximum atomic E-state index is 12.9. The van der Waals surface area contributed by atoms with E-state index in [1.54, 1.807) is 16.4 Å². The van der Waals surface area contributed by atoms with E-state index in [1.807, 2.05) is 36.4 Å². The fourth-order valence-corrected chi connectivity index (χ4v) is 4.74. The minimum atomic E-state index is -3.44. The molecule has 2 aromatic rings. The highest BCUT2D eigenvalue weighted by atomic mass is 35.5. The first-order chi connectivity index (χ1) is 12.4. The molecule has 3 rings (SSSR count). The summed E-state index contributed by atoms with van der Waals surface area (Å²) in [5.74, 6) is 0.440. The van der Waals surface area contributed by atoms with Crippen LogP contribution >= 0.6 is 11.6 Å². The second-order valence-corrected chi connectivity index (χ2v) is 9.12. The standard InChI is InChI=1S/C20H25ClN2O2S/c1-3-16(2)17-4-10-20(11-5-17)26(24,25)23-14-12-22(13-15-23)19-8-6-18(21)7-9-19/h4-11,16H,3,12-15H2,1-2H3. The van der Waals surface area contributed by atoms with Crippen LogP contribution in [0, 0.1) is 0 Å². The Labute approximate surface area is 161 Å². The van der Waals surface area contributed by atoms with Crippen molar-refractivity contribution in [2.24, 2.45) is 0 Å². The highest BCUT2D eigenvalue weighted by molar-refractivity contribution is 7.89. The first kappa shape index (κ1) is 19.2. The number of hydrogen-bond donors (Lipinski definition) is 0. The van der Waals surface area contributed by atoms with Crippen LogP contribution < -0.4 is 4.90 Å². The molecule has 0 N–H and O–H groups in total. The van der Waals surface area contributed by atoms with Gasteiger partial charge in [-0.3, -0.25) is 0 Å². The van der Waals surface area contributed by atoms with Crippen molar-refractivity contribution in [2.75, 3.05) is 31.1 Å². The van der Waals surface area contributed by atoms with Gasteiger partial charge < -0.3 is 4.90 Å². The summed E-state index contributed by atoms with van der Waals surface area (Å²) in [6.45, 7) is 6.60. The van der Waals surface area contributed by atoms with Crippen LogP contribution in [0.4, 0.5) is 5.69 Å². The van der Waals surface area contributed by atoms with Crippen molar-refractivity contribution in [1.82, 2.24) is 4.31 Å². The molecule has 1 aliphatic rings. The van der Waals surface area contributed by atoms with Crippen molar-refractivity contribution in [3.8, 4) is 0 Å². The summed E-state index contributed by atoms with van der Waals surface area (Å²) in [6, 6.07) is 15.0. The van der Waals surface area contributed by atoms with Crippen molar-refractivity contribution >= 4 is 27.3 Å². The number of anilines is 1. The fraction of sp³-hybridized carbons (Fsp3) is 0.400. The van der Waals surface area contributed by atoms with E-state index in [1.165, 1.54) is 5.56 Å². The van der Waals surface area contributed by atoms with Crippen LogP contribution in [0.15, 0.2) is 53.4 Å². The van der Waals surface area contributed by atoms with Gasteiger partial charge in [-0.25, -0.2) is 8.42 Å². The van der Waals surface area contributed by atoms with Gasteiger partial charge in [0.15, 0.2) is 0 Å². The predicted octanol–water partition coefficient (Wildman–Crippen LogP) is 4.36. The summed E-state index contributed by atoms with van der Waals surface area (Å²) in [6.07, 6.45) is 1.04. The summed E-state index contributed by atoms with van der Waals surface area (Å²) in [5, 5.41) is 0.704. The third-order valence-electron chi connectivity index (χ3n) is 5.13. The lowest BCUT2D eigenvalue weighted by molar-refractivity contribution is 0.385. The van der Waals surface area contributed by atoms with Gasteiger partial charge in [-0.15, -0.1) is 0 Å². The topological polar surface area (TPSA) is 40.6 Å². The highest BCUT2D eigenvalue weighted by Crippen LogP contribution is 2.24. The third kappa shape index (κ3) is 4.05. The quantitative estimate of drug-likeness (QED) is 0.758. The van der Waals surface area contributed by atoms with E-state index in [0.717, 1.165) is 12.1 Å². The molecule has 0 spiro atoms. The second-order valence-electron chi connectivity index (χ2n) is 6.75. The summed E-state index contributed by atoms with van der Waals surface area (Å²) >= 11 is 5.94. The van der Waals surface area contributed by atoms with Crippen LogP contribution in [-0.2, 0) is 10.0 Å². The van der Waals surface area contributed by atoms with Crippen LogP contribution in [0.2, 0.25) is 5.02 Å². The number of sulfonamides is 1. The van der Waals surface area contributed by atoms with Gasteiger partial charge in [-0.05, 0) is 54.3 Å². The zero-order valence-corrected chi connectivity index (χ0v) is 16.8. The Morgan fingerprint density at radius 1 is 0.962 bits per heavy atom. The van der Waals surface area contributed by atoms with E-state index >= 15 is 0 Å². The van der Waals surface area contributed by atoms with Crippen LogP contribution in [-0.4, -0.2) is 38.9 Å². The SMILES string of the molecule is CCC(C)c1ccc(S(=O)(=O)N2CCN(c3ccc(Cl)cc3)CC2)cc1. The van der Waals surface area contributed by atoms with Gasteiger partial charge in [0.2, 0.25) is 10.0 Å². The van der Waals surface area contributed by atoms with Gasteiger partial charge >= 0.3 is 0 Å². The zero-order chi connectivity index (χ0) is 18.7. The number of benzene rings is 2. The Morgan fingerprint density at radius 2 is 1.54 bits per heavy atom. The molecule has 0 aromatic heterocycles. The van der Waals surface area contributed by atoms with Gasteiger partial charge in [0.05, 0.1) is 4.90 Å². The second kappa shape index (κ2) is 7.99. The summed E-state index contributed by atoms with van der Waals surface area (Å²) in [5.41, 5.74) is 2.25. The van der Waals surface area contributed by atoms with Crippen molar-refractivity contribution in [3.63, 3.8) is 0 Å². The van der Waals surface area contributed by atoms with E-state index in [-0.39, 0.29) is 0 Å². The van der Waals surface area contributed by atoms with Crippen molar-refractivity contribution in [1.29, 1.82) is 0 Å². The van der Waals surface area contributed by atoms with E-state index in [4.69, 9.17) is 11.6 Å². The number of hydrogen-bond acceptors (Lipinski definition) is 3. The van der Waals surface area contributed by atoms with Gasteiger partial charge in [0.25, 0.3) is 0 Å². The number of halogens is 1. The first-order valence-corrected chi connectivity index (χ1v) is 10.8. The molecule has 0 aliphatic carbocycles. The molecule has 1 fully saturated rings. The highest BCUT2D eigenvalue weighted by Gasteiger charge is 2.28. The lowest BCUT2D eigenvalue weighted by Crippen LogP contribution is -2.48. The maximum Gasteiger partial charge on any atom is 0.243 e. The summed E-state index contributed by atoms with van der Waals surface area (Å²) < 4.78 is 27.4. The molecule has 0 bridgehead atoms. The molecule has 6 heteroatoms. The predicted molar refractivity (Wildman–Crippen MR) is 108 cm³/mol. The monoisotopic (exact) mass is 392 g/mol. The molecule has 4 nitrogen and oxygen atoms in total. The molecule has 1 unspecified atom stereocenters. The average Bonchev–Trinajstić information content (AvgIpc) is 2.68. The molecule has 1 aliphatic heterocycles. The van der Waals surface area contributed by atoms with Crippen LogP contribution in [0.3, 0.4) is 0 Å². The smallest absolute Gasteiger partial charge is 0.243 e. The Balaban J connectivity index is 1.68. The molecule has 26 heavy (non-hydrogen) atoms. The van der Waals surface area contributed by atoms with Crippen molar-refractivity contribution < 1.29 is 8.42 Å². The Morgan fingerprint density at radius 3 is 2.08 bits per heavy atom. The third-order valence-corrected chi connectivity index (χ3v) is 7.29. The van der Waals surface area contributed by atoms with Gasteiger partial charge in [0.1, 0.15) is 0 Å². The lowest BCUT2D eigenvalue weighted by atomic mass is 9.99. The molecule has 2 aromatic carbocycles. The Bertz CT molecular complexity index is 827. The molecule has 0 saturated carbocycles. The average molecular weight is 393 g/mol. The maximum absolute atomic E-state index is 12.9. The Kier molecular flexibility index (Phi) is 5.90. The summed E-state index contributed by atoms with van der Waals surface area (Å²) in [7, 11) is -3.44. The molecular weight excluding hydrogens is 368 g/mol. The fourth-order valence-electron chi connectivity index (χ4n) is 3.19. The number of piperazine rings is 1. The van der Waals surface area contributed by atoms with Crippen LogP contribution in [0.5, 0.6) is 0 Å². The summed E-state index contributed by atoms with van der Waals surface area (Å²) in [4.78, 5) is 2.57. The molecule has 140 valence electrons. The molecule has 1 heterocycles. The van der Waals surface area contributed by atoms with Gasteiger partial charge in [-0.2, -0.15) is 4.31 Å². The Hall–Kier alpha value is -1.56. The molecule has 0 radical (unpaired) electrons. The van der Waals surface area contributed by atoms with E-state index in [0.29, 0.717) is 42.0 Å². The molecular formula is C20H25ClN2O2S. The van der Waals surface area contributed by atoms with E-state index < -0.39 is 10.0 Å². The zero-order valence-electron chi connectivity index (χ0n) is 15.2. The number of nitrogens with zero attached hydrogens (tertiary/aromatic N) is 2. The lowest BCUT2D eigenvalue weighted by Gasteiger charge is -2.35. The largest absolute Gasteiger partial charge is 0.369 e. The normalized spacial score (nSPS) is 17.3. The van der Waals surface area contributed by atoms with Crippen molar-refractivity contribution in [2.45, 2.75) is 31.1 Å². The van der Waals surface area contributed by atoms with E-state index in [2.05, 4.69) is 18.7 Å². The van der Waals surface area contributed by atoms with E-state index in [9.17, 15) is 8.42 Å². The first-order valence-electron chi connectivity index (χ1n) is 9.02.